The maximum atomic E-state index is 17.5. The number of aromatic nitrogens is 2. The smallest absolute Gasteiger partial charge is 0.293 e. The van der Waals surface area contributed by atoms with Crippen molar-refractivity contribution in [1.29, 1.82) is 0 Å². The van der Waals surface area contributed by atoms with Crippen molar-refractivity contribution < 1.29 is 37.4 Å². The lowest BCUT2D eigenvalue weighted by molar-refractivity contribution is -0.154. The number of amides is 3. The monoisotopic (exact) mass is 954 g/mol. The van der Waals surface area contributed by atoms with E-state index in [-0.39, 0.29) is 42.1 Å². The van der Waals surface area contributed by atoms with E-state index in [4.69, 9.17) is 9.47 Å². The van der Waals surface area contributed by atoms with E-state index in [1.807, 2.05) is 87.4 Å². The third-order valence-electron chi connectivity index (χ3n) is 13.4. The molecule has 2 aliphatic rings. The largest absolute Gasteiger partial charge is 0.467 e. The first-order valence-corrected chi connectivity index (χ1v) is 24.3. The zero-order valence-corrected chi connectivity index (χ0v) is 42.2. The fourth-order valence-electron chi connectivity index (χ4n) is 9.52. The van der Waals surface area contributed by atoms with E-state index in [9.17, 15) is 19.2 Å². The van der Waals surface area contributed by atoms with Crippen LogP contribution in [0.15, 0.2) is 85.7 Å². The molecule has 2 saturated heterocycles. The molecular weight excluding hydrogens is 881 g/mol. The standard InChI is InChI=1S/C52H67F2N7O6.C2H6/c1-11-34(5)59-26-22-39(30-59)49(64)58(9)46(33(3)4)48(63)57-42(50(65)61-25-14-13-24-56-61)28-36-17-15-18-37(27-36)38-20-21-43-41(29-38)44(52(53,54)51(7,8)31-67-32-62)47(60(43)12-2)40-19-16-23-55-45(40)35(6)66-10;1-2/h11,15-21,23,27,29,32-33,35,39,42,46,56H,1,5,12-14,22,24-26,28,30-31H2,2-4,6-10H3,(H,57,63);1-2H3. The predicted molar refractivity (Wildman–Crippen MR) is 268 cm³/mol. The predicted octanol–water partition coefficient (Wildman–Crippen LogP) is 9.07. The molecule has 6 rings (SSSR count). The van der Waals surface area contributed by atoms with Gasteiger partial charge >= 0.3 is 0 Å². The van der Waals surface area contributed by atoms with Gasteiger partial charge in [-0.15, -0.1) is 0 Å². The zero-order chi connectivity index (χ0) is 50.8. The molecule has 3 amide bonds. The molecule has 0 bridgehead atoms. The van der Waals surface area contributed by atoms with Gasteiger partial charge in [0, 0.05) is 81.7 Å². The number of pyridine rings is 1. The second kappa shape index (κ2) is 23.6. The van der Waals surface area contributed by atoms with Crippen LogP contribution in [-0.2, 0) is 47.5 Å². The van der Waals surface area contributed by atoms with Crippen molar-refractivity contribution >= 4 is 35.1 Å². The lowest BCUT2D eigenvalue weighted by Crippen LogP contribution is -2.59. The van der Waals surface area contributed by atoms with Crippen LogP contribution in [-0.4, -0.2) is 108 Å². The van der Waals surface area contributed by atoms with Crippen molar-refractivity contribution in [3.8, 4) is 22.4 Å². The average molecular weight is 954 g/mol. The summed E-state index contributed by atoms with van der Waals surface area (Å²) >= 11 is 0. The Labute approximate surface area is 407 Å². The number of nitrogens with zero attached hydrogens (tertiary/aromatic N) is 5. The highest BCUT2D eigenvalue weighted by molar-refractivity contribution is 5.96. The highest BCUT2D eigenvalue weighted by Gasteiger charge is 2.52. The lowest BCUT2D eigenvalue weighted by Gasteiger charge is -2.35. The van der Waals surface area contributed by atoms with Crippen molar-refractivity contribution in [3.63, 3.8) is 0 Å². The Bertz CT molecular complexity index is 2460. The summed E-state index contributed by atoms with van der Waals surface area (Å²) in [5.74, 6) is -5.01. The molecule has 0 aliphatic carbocycles. The van der Waals surface area contributed by atoms with Crippen LogP contribution in [0.4, 0.5) is 8.78 Å². The van der Waals surface area contributed by atoms with Gasteiger partial charge in [0.2, 0.25) is 11.8 Å². The fourth-order valence-corrected chi connectivity index (χ4v) is 9.52. The Balaban J connectivity index is 0.00000438. The Hall–Kier alpha value is -5.93. The number of carbonyl (C=O) groups excluding carboxylic acids is 4. The Morgan fingerprint density at radius 3 is 2.41 bits per heavy atom. The van der Waals surface area contributed by atoms with Crippen LogP contribution in [0.2, 0.25) is 0 Å². The number of hydrogen-bond acceptors (Lipinski definition) is 9. The number of halogens is 2. The van der Waals surface area contributed by atoms with Gasteiger partial charge in [-0.05, 0) is 86.1 Å². The number of likely N-dealkylation sites (N-methyl/N-ethyl adjacent to an activating group) is 1. The number of ether oxygens (including phenoxy) is 2. The van der Waals surface area contributed by atoms with Gasteiger partial charge in [-0.1, -0.05) is 85.0 Å². The van der Waals surface area contributed by atoms with Crippen LogP contribution in [0.5, 0.6) is 0 Å². The second-order valence-corrected chi connectivity index (χ2v) is 18.7. The van der Waals surface area contributed by atoms with Gasteiger partial charge in [0.1, 0.15) is 18.7 Å². The number of likely N-dealkylation sites (tertiary alicyclic amines) is 1. The summed E-state index contributed by atoms with van der Waals surface area (Å²) in [5.41, 5.74) is 5.84. The van der Waals surface area contributed by atoms with Crippen LogP contribution in [0, 0.1) is 17.3 Å². The Morgan fingerprint density at radius 1 is 1.04 bits per heavy atom. The number of benzene rings is 2. The number of rotatable bonds is 20. The van der Waals surface area contributed by atoms with E-state index in [2.05, 4.69) is 28.9 Å². The van der Waals surface area contributed by atoms with Crippen molar-refractivity contribution in [2.24, 2.45) is 17.3 Å². The number of hydrogen-bond donors (Lipinski definition) is 2. The lowest BCUT2D eigenvalue weighted by atomic mass is 9.80. The number of aryl methyl sites for hydroxylation is 1. The van der Waals surface area contributed by atoms with Gasteiger partial charge in [-0.25, -0.2) is 14.2 Å². The third kappa shape index (κ3) is 11.6. The molecule has 0 radical (unpaired) electrons. The van der Waals surface area contributed by atoms with Crippen molar-refractivity contribution in [3.05, 3.63) is 103 Å². The number of carbonyl (C=O) groups is 4. The minimum Gasteiger partial charge on any atom is -0.467 e. The zero-order valence-electron chi connectivity index (χ0n) is 42.2. The van der Waals surface area contributed by atoms with Crippen LogP contribution < -0.4 is 10.7 Å². The normalized spacial score (nSPS) is 16.6. The van der Waals surface area contributed by atoms with Crippen LogP contribution in [0.1, 0.15) is 97.6 Å². The highest BCUT2D eigenvalue weighted by atomic mass is 19.3. The van der Waals surface area contributed by atoms with Gasteiger partial charge in [0.05, 0.1) is 34.4 Å². The first kappa shape index (κ1) is 54.0. The number of nitrogens with one attached hydrogen (secondary N) is 2. The molecular formula is C54H73F2N7O6. The minimum absolute atomic E-state index is 0.120. The molecule has 4 heterocycles. The van der Waals surface area contributed by atoms with Crippen molar-refractivity contribution in [2.45, 2.75) is 112 Å². The number of alkyl halides is 2. The van der Waals surface area contributed by atoms with Gasteiger partial charge in [-0.3, -0.25) is 29.2 Å². The summed E-state index contributed by atoms with van der Waals surface area (Å²) in [6, 6.07) is 14.6. The van der Waals surface area contributed by atoms with Crippen LogP contribution >= 0.6 is 0 Å². The molecule has 2 aliphatic heterocycles. The number of hydrazine groups is 1. The maximum absolute atomic E-state index is 17.5. The molecule has 2 fully saturated rings. The molecule has 4 atom stereocenters. The SMILES string of the molecule is C=CC(=C)N1CCC(C(=O)N(C)C(C(=O)NC(Cc2cccc(-c3ccc4c(c3)c(C(F)(F)C(C)(C)COC=O)c(-c3cccnc3C(C)OC)n4CC)c2)C(=O)N2CCCCN2)C(C)C)C1.CC. The summed E-state index contributed by atoms with van der Waals surface area (Å²) in [6.45, 7) is 24.3. The Kier molecular flexibility index (Phi) is 18.5. The quantitative estimate of drug-likeness (QED) is 0.0657. The van der Waals surface area contributed by atoms with E-state index in [0.29, 0.717) is 78.1 Å². The van der Waals surface area contributed by atoms with E-state index >= 15 is 8.78 Å². The maximum Gasteiger partial charge on any atom is 0.293 e. The van der Waals surface area contributed by atoms with Gasteiger partial charge in [0.15, 0.2) is 0 Å². The molecule has 0 spiro atoms. The Morgan fingerprint density at radius 2 is 1.77 bits per heavy atom. The third-order valence-corrected chi connectivity index (χ3v) is 13.4. The first-order chi connectivity index (χ1) is 32.9. The molecule has 374 valence electrons. The molecule has 15 heteroatoms. The van der Waals surface area contributed by atoms with E-state index in [1.165, 1.54) is 18.7 Å². The molecule has 13 nitrogen and oxygen atoms in total. The second-order valence-electron chi connectivity index (χ2n) is 18.7. The average Bonchev–Trinajstić information content (AvgIpc) is 3.99. The van der Waals surface area contributed by atoms with Crippen LogP contribution in [0.25, 0.3) is 33.3 Å². The van der Waals surface area contributed by atoms with E-state index in [0.717, 1.165) is 24.1 Å². The molecule has 2 aromatic carbocycles. The van der Waals surface area contributed by atoms with Crippen LogP contribution in [0.3, 0.4) is 0 Å². The number of allylic oxidation sites excluding steroid dienone is 1. The summed E-state index contributed by atoms with van der Waals surface area (Å²) < 4.78 is 47.6. The van der Waals surface area contributed by atoms with Gasteiger partial charge in [-0.2, -0.15) is 0 Å². The number of methoxy groups -OCH3 is 1. The summed E-state index contributed by atoms with van der Waals surface area (Å²) in [5, 5.41) is 4.93. The number of fused-ring (bicyclic) bond motifs is 1. The minimum atomic E-state index is -3.53. The summed E-state index contributed by atoms with van der Waals surface area (Å²) in [4.78, 5) is 62.1. The molecule has 4 aromatic rings. The van der Waals surface area contributed by atoms with Crippen molar-refractivity contribution in [1.82, 2.24) is 35.1 Å². The molecule has 2 aromatic heterocycles. The van der Waals surface area contributed by atoms with E-state index in [1.54, 1.807) is 49.6 Å². The molecule has 2 N–H and O–H groups in total. The van der Waals surface area contributed by atoms with Crippen molar-refractivity contribution in [2.75, 3.05) is 46.9 Å². The van der Waals surface area contributed by atoms with Gasteiger partial charge in [0.25, 0.3) is 18.3 Å². The summed E-state index contributed by atoms with van der Waals surface area (Å²) in [6.07, 6.45) is 5.22. The summed E-state index contributed by atoms with van der Waals surface area (Å²) in [7, 11) is 3.19. The highest BCUT2D eigenvalue weighted by Crippen LogP contribution is 2.53. The fraction of sp³-hybridized carbons (Fsp3) is 0.500. The molecule has 0 saturated carbocycles. The van der Waals surface area contributed by atoms with E-state index < -0.39 is 42.0 Å². The first-order valence-electron chi connectivity index (χ1n) is 24.3. The van der Waals surface area contributed by atoms with Gasteiger partial charge < -0.3 is 29.2 Å². The molecule has 69 heavy (non-hydrogen) atoms. The molecule has 4 unspecified atom stereocenters. The topological polar surface area (TPSA) is 138 Å².